The van der Waals surface area contributed by atoms with Gasteiger partial charge in [-0.3, -0.25) is 0 Å². The van der Waals surface area contributed by atoms with Crippen molar-refractivity contribution in [2.45, 2.75) is 51.4 Å². The summed E-state index contributed by atoms with van der Waals surface area (Å²) < 4.78 is 24.0. The lowest BCUT2D eigenvalue weighted by molar-refractivity contribution is 0.365. The molecule has 2 aliphatic heterocycles. The molecule has 2 saturated heterocycles. The van der Waals surface area contributed by atoms with Crippen LogP contribution in [0.5, 0.6) is 0 Å². The first kappa shape index (κ1) is 26.5. The van der Waals surface area contributed by atoms with Crippen molar-refractivity contribution in [3.63, 3.8) is 0 Å². The van der Waals surface area contributed by atoms with Gasteiger partial charge in [0.15, 0.2) is 0 Å². The molecule has 210 valence electrons. The van der Waals surface area contributed by atoms with Crippen LogP contribution in [-0.4, -0.2) is 40.7 Å². The molecule has 0 aromatic heterocycles. The molecule has 4 aromatic rings. The van der Waals surface area contributed by atoms with Crippen molar-refractivity contribution in [3.05, 3.63) is 106 Å². The molecule has 8 rings (SSSR count). The lowest BCUT2D eigenvalue weighted by Gasteiger charge is -2.33. The first-order chi connectivity index (χ1) is 20.3. The monoisotopic (exact) mass is 554 g/mol. The molecule has 2 heterocycles. The van der Waals surface area contributed by atoms with E-state index in [1.54, 1.807) is 0 Å². The highest BCUT2D eigenvalue weighted by atomic mass is 16.6. The number of hydrogen-bond donors (Lipinski definition) is 0. The number of fused-ring (bicyclic) bond motifs is 10. The maximum absolute atomic E-state index is 6.01. The number of hydrogen-bond acceptors (Lipinski definition) is 4. The van der Waals surface area contributed by atoms with Gasteiger partial charge in [0, 0.05) is 0 Å². The molecule has 1 spiro atoms. The predicted molar refractivity (Wildman–Crippen MR) is 170 cm³/mol. The summed E-state index contributed by atoms with van der Waals surface area (Å²) >= 11 is 0. The van der Waals surface area contributed by atoms with E-state index >= 15 is 0 Å². The zero-order chi connectivity index (χ0) is 28.8. The second-order valence-electron chi connectivity index (χ2n) is 13.5. The van der Waals surface area contributed by atoms with Crippen LogP contribution in [0.2, 0.25) is 0 Å². The van der Waals surface area contributed by atoms with E-state index in [4.69, 9.17) is 18.6 Å². The van der Waals surface area contributed by atoms with Crippen LogP contribution in [0.1, 0.15) is 73.9 Å². The van der Waals surface area contributed by atoms with E-state index in [1.165, 1.54) is 55.6 Å². The van der Waals surface area contributed by atoms with Gasteiger partial charge < -0.3 is 18.6 Å². The van der Waals surface area contributed by atoms with Crippen LogP contribution in [0, 0.1) is 0 Å². The largest absolute Gasteiger partial charge is 0.494 e. The summed E-state index contributed by atoms with van der Waals surface area (Å²) in [6.45, 7) is 14.0. The van der Waals surface area contributed by atoms with E-state index in [1.807, 2.05) is 0 Å². The second-order valence-corrected chi connectivity index (χ2v) is 13.5. The third-order valence-corrected chi connectivity index (χ3v) is 9.67. The molecule has 2 fully saturated rings. The Morgan fingerprint density at radius 1 is 0.571 bits per heavy atom. The minimum atomic E-state index is -0.481. The van der Waals surface area contributed by atoms with Crippen molar-refractivity contribution in [2.75, 3.05) is 26.4 Å². The molecule has 4 aromatic carbocycles. The maximum Gasteiger partial charge on any atom is 0.494 e. The van der Waals surface area contributed by atoms with E-state index in [2.05, 4.69) is 107 Å². The molecule has 0 amide bonds. The third kappa shape index (κ3) is 3.72. The second kappa shape index (κ2) is 9.42. The summed E-state index contributed by atoms with van der Waals surface area (Å²) in [6.07, 6.45) is 0. The van der Waals surface area contributed by atoms with Crippen LogP contribution in [0.15, 0.2) is 72.8 Å². The minimum absolute atomic E-state index is 0.0130. The van der Waals surface area contributed by atoms with Crippen LogP contribution >= 0.6 is 0 Å². The number of rotatable bonds is 3. The molecule has 0 radical (unpaired) electrons. The van der Waals surface area contributed by atoms with Crippen LogP contribution < -0.4 is 10.9 Å². The lowest BCUT2D eigenvalue weighted by atomic mass is 9.66. The quantitative estimate of drug-likeness (QED) is 0.254. The third-order valence-electron chi connectivity index (χ3n) is 9.67. The Morgan fingerprint density at radius 2 is 1.00 bits per heavy atom. The van der Waals surface area contributed by atoms with Gasteiger partial charge in [-0.2, -0.15) is 0 Å². The van der Waals surface area contributed by atoms with Gasteiger partial charge in [0.25, 0.3) is 0 Å². The van der Waals surface area contributed by atoms with E-state index < -0.39 is 5.41 Å². The Hall–Kier alpha value is -3.15. The van der Waals surface area contributed by atoms with Crippen molar-refractivity contribution < 1.29 is 18.6 Å². The van der Waals surface area contributed by atoms with Crippen LogP contribution in [0.3, 0.4) is 0 Å². The highest BCUT2D eigenvalue weighted by molar-refractivity contribution is 6.62. The summed E-state index contributed by atoms with van der Waals surface area (Å²) in [6, 6.07) is 27.9. The standard InChI is InChI=1S/C36H36B2O4/c1-22(2)23-6-10-27-28-11-7-24(35(3,4)5)19-32(28)36(31(27)18-23)33-20-25(37-39-14-15-40-37)8-12-29(33)30-13-9-26(21-34(30)36)38-41-16-17-42-38/h6-13,18-22H,14-17H2,1-5H3. The Morgan fingerprint density at radius 3 is 1.48 bits per heavy atom. The Balaban J connectivity index is 1.49. The summed E-state index contributed by atoms with van der Waals surface area (Å²) in [5.41, 5.74) is 14.8. The predicted octanol–water partition coefficient (Wildman–Crippen LogP) is 5.94. The summed E-state index contributed by atoms with van der Waals surface area (Å²) in [5, 5.41) is 0. The molecule has 4 aliphatic rings. The van der Waals surface area contributed by atoms with E-state index in [0.29, 0.717) is 32.3 Å². The molecular weight excluding hydrogens is 518 g/mol. The Kier molecular flexibility index (Phi) is 5.94. The van der Waals surface area contributed by atoms with Crippen molar-refractivity contribution in [1.82, 2.24) is 0 Å². The van der Waals surface area contributed by atoms with Gasteiger partial charge >= 0.3 is 14.2 Å². The first-order valence-corrected chi connectivity index (χ1v) is 15.3. The maximum atomic E-state index is 6.01. The zero-order valence-electron chi connectivity index (χ0n) is 25.1. The fourth-order valence-corrected chi connectivity index (χ4v) is 7.50. The molecule has 42 heavy (non-hydrogen) atoms. The smallest absolute Gasteiger partial charge is 0.405 e. The summed E-state index contributed by atoms with van der Waals surface area (Å²) in [5.74, 6) is 0.416. The molecule has 0 N–H and O–H groups in total. The van der Waals surface area contributed by atoms with Crippen molar-refractivity contribution in [1.29, 1.82) is 0 Å². The van der Waals surface area contributed by atoms with Crippen molar-refractivity contribution in [3.8, 4) is 22.3 Å². The van der Waals surface area contributed by atoms with Gasteiger partial charge in [0.05, 0.1) is 31.8 Å². The van der Waals surface area contributed by atoms with Gasteiger partial charge in [0.1, 0.15) is 0 Å². The molecule has 0 unspecified atom stereocenters. The molecule has 0 saturated carbocycles. The van der Waals surface area contributed by atoms with Gasteiger partial charge in [0.2, 0.25) is 0 Å². The summed E-state index contributed by atoms with van der Waals surface area (Å²) in [4.78, 5) is 0. The topological polar surface area (TPSA) is 36.9 Å². The van der Waals surface area contributed by atoms with Gasteiger partial charge in [-0.25, -0.2) is 0 Å². The molecule has 0 atom stereocenters. The molecule has 2 aliphatic carbocycles. The Bertz CT molecular complexity index is 1660. The average Bonchev–Trinajstić information content (AvgIpc) is 3.79. The molecular formula is C36H36B2O4. The Labute approximate surface area is 249 Å². The zero-order valence-corrected chi connectivity index (χ0v) is 25.1. The SMILES string of the molecule is CC(C)c1ccc2c(c1)C1(c3cc(B4OCCO4)ccc3-c3ccc(B4OCCO4)cc31)c1cc(C(C)(C)C)ccc1-2. The first-order valence-electron chi connectivity index (χ1n) is 15.3. The fraction of sp³-hybridized carbons (Fsp3) is 0.333. The van der Waals surface area contributed by atoms with Crippen LogP contribution in [0.4, 0.5) is 0 Å². The highest BCUT2D eigenvalue weighted by Gasteiger charge is 2.53. The fourth-order valence-electron chi connectivity index (χ4n) is 7.50. The highest BCUT2D eigenvalue weighted by Crippen LogP contribution is 2.63. The van der Waals surface area contributed by atoms with Crippen molar-refractivity contribution in [2.24, 2.45) is 0 Å². The number of benzene rings is 4. The van der Waals surface area contributed by atoms with E-state index in [0.717, 1.165) is 10.9 Å². The lowest BCUT2D eigenvalue weighted by Crippen LogP contribution is -2.35. The van der Waals surface area contributed by atoms with E-state index in [-0.39, 0.29) is 19.7 Å². The van der Waals surface area contributed by atoms with Crippen LogP contribution in [-0.2, 0) is 29.4 Å². The van der Waals surface area contributed by atoms with Gasteiger partial charge in [-0.05, 0) is 77.9 Å². The molecule has 4 nitrogen and oxygen atoms in total. The normalized spacial score (nSPS) is 18.1. The van der Waals surface area contributed by atoms with Gasteiger partial charge in [-0.15, -0.1) is 0 Å². The van der Waals surface area contributed by atoms with Crippen molar-refractivity contribution >= 4 is 25.2 Å². The minimum Gasteiger partial charge on any atom is -0.405 e. The molecule has 0 bridgehead atoms. The van der Waals surface area contributed by atoms with Gasteiger partial charge in [-0.1, -0.05) is 107 Å². The van der Waals surface area contributed by atoms with Crippen LogP contribution in [0.25, 0.3) is 22.3 Å². The van der Waals surface area contributed by atoms with E-state index in [9.17, 15) is 0 Å². The summed E-state index contributed by atoms with van der Waals surface area (Å²) in [7, 11) is -0.676. The molecule has 6 heteroatoms. The average molecular weight is 554 g/mol.